The smallest absolute Gasteiger partial charge is 0.234 e. The van der Waals surface area contributed by atoms with Crippen molar-refractivity contribution >= 4 is 11.6 Å². The van der Waals surface area contributed by atoms with E-state index in [9.17, 15) is 5.21 Å². The van der Waals surface area contributed by atoms with E-state index in [0.717, 1.165) is 0 Å². The average Bonchev–Trinajstić information content (AvgIpc) is 1.94. The number of hydrogen-bond donors (Lipinski definition) is 1. The summed E-state index contributed by atoms with van der Waals surface area (Å²) >= 11 is 5.09. The van der Waals surface area contributed by atoms with E-state index in [0.29, 0.717) is 13.1 Å². The number of β-amino-alcohol motifs (C(OH)–C–C–N with tert-alkyl or cyclic N) is 1. The standard InChI is InChI=1S/C4H8ClN3O3/c5-3-11-6-8(10)7-1-4(9)2-7/h4,9H,1-3H2/b8-6-. The molecule has 1 heterocycles. The van der Waals surface area contributed by atoms with Crippen LogP contribution in [-0.2, 0) is 4.84 Å². The molecule has 7 heteroatoms. The number of hydrogen-bond acceptors (Lipinski definition) is 4. The van der Waals surface area contributed by atoms with Gasteiger partial charge >= 0.3 is 0 Å². The number of aliphatic hydroxyl groups excluding tert-OH is 1. The minimum atomic E-state index is -0.433. The van der Waals surface area contributed by atoms with Gasteiger partial charge in [-0.1, -0.05) is 11.6 Å². The quantitative estimate of drug-likeness (QED) is 0.280. The van der Waals surface area contributed by atoms with Crippen molar-refractivity contribution in [1.29, 1.82) is 0 Å². The van der Waals surface area contributed by atoms with Crippen molar-refractivity contribution in [3.63, 3.8) is 0 Å². The highest BCUT2D eigenvalue weighted by Gasteiger charge is 2.31. The number of alkyl halides is 1. The van der Waals surface area contributed by atoms with Crippen molar-refractivity contribution in [1.82, 2.24) is 5.01 Å². The van der Waals surface area contributed by atoms with Gasteiger partial charge in [-0.3, -0.25) is 0 Å². The van der Waals surface area contributed by atoms with Crippen molar-refractivity contribution in [3.05, 3.63) is 5.21 Å². The summed E-state index contributed by atoms with van der Waals surface area (Å²) in [5.74, 6) is 0. The van der Waals surface area contributed by atoms with E-state index in [1.807, 2.05) is 0 Å². The van der Waals surface area contributed by atoms with Gasteiger partial charge in [-0.05, 0) is 0 Å². The number of halogens is 1. The molecule has 1 saturated heterocycles. The zero-order valence-corrected chi connectivity index (χ0v) is 6.44. The molecule has 1 aliphatic heterocycles. The molecular formula is C4H8ClN3O3. The molecular weight excluding hydrogens is 174 g/mol. The third kappa shape index (κ3) is 2.09. The normalized spacial score (nSPS) is 19.8. The van der Waals surface area contributed by atoms with Crippen molar-refractivity contribution in [2.45, 2.75) is 6.10 Å². The van der Waals surface area contributed by atoms with Crippen LogP contribution < -0.4 is 0 Å². The Morgan fingerprint density at radius 2 is 2.45 bits per heavy atom. The molecule has 0 saturated carbocycles. The second-order valence-electron chi connectivity index (χ2n) is 2.10. The Bertz CT molecular complexity index is 159. The summed E-state index contributed by atoms with van der Waals surface area (Å²) in [6, 6.07) is -0.158. The highest BCUT2D eigenvalue weighted by atomic mass is 35.5. The topological polar surface area (TPSA) is 71.1 Å². The molecule has 11 heavy (non-hydrogen) atoms. The monoisotopic (exact) mass is 181 g/mol. The summed E-state index contributed by atoms with van der Waals surface area (Å²) in [5, 5.41) is 23.8. The third-order valence-electron chi connectivity index (χ3n) is 1.26. The van der Waals surface area contributed by atoms with Crippen LogP contribution in [0.25, 0.3) is 0 Å². The Balaban J connectivity index is 2.25. The predicted molar refractivity (Wildman–Crippen MR) is 35.4 cm³/mol. The second-order valence-corrected chi connectivity index (χ2v) is 2.32. The summed E-state index contributed by atoms with van der Waals surface area (Å²) in [6.45, 7) is 0.581. The number of aliphatic hydroxyl groups is 1. The van der Waals surface area contributed by atoms with Crippen LogP contribution in [0.2, 0.25) is 0 Å². The molecule has 0 aliphatic carbocycles. The van der Waals surface area contributed by atoms with E-state index >= 15 is 0 Å². The second kappa shape index (κ2) is 3.59. The van der Waals surface area contributed by atoms with Gasteiger partial charge in [0, 0.05) is 0 Å². The first kappa shape index (κ1) is 8.35. The van der Waals surface area contributed by atoms with E-state index in [4.69, 9.17) is 16.7 Å². The lowest BCUT2D eigenvalue weighted by molar-refractivity contribution is -0.726. The van der Waals surface area contributed by atoms with E-state index < -0.39 is 6.10 Å². The molecule has 1 aliphatic rings. The van der Waals surface area contributed by atoms with Gasteiger partial charge < -0.3 is 15.2 Å². The van der Waals surface area contributed by atoms with Gasteiger partial charge in [-0.25, -0.2) is 0 Å². The Morgan fingerprint density at radius 1 is 1.82 bits per heavy atom. The molecule has 0 atom stereocenters. The first-order chi connectivity index (χ1) is 5.24. The first-order valence-corrected chi connectivity index (χ1v) is 3.56. The fraction of sp³-hybridized carbons (Fsp3) is 1.00. The van der Waals surface area contributed by atoms with E-state index in [2.05, 4.69) is 10.1 Å². The van der Waals surface area contributed by atoms with Crippen LogP contribution in [0.3, 0.4) is 0 Å². The molecule has 0 aromatic rings. The first-order valence-electron chi connectivity index (χ1n) is 3.03. The van der Waals surface area contributed by atoms with E-state index in [1.54, 1.807) is 0 Å². The summed E-state index contributed by atoms with van der Waals surface area (Å²) in [5.41, 5.74) is 0. The number of nitrogens with zero attached hydrogens (tertiary/aromatic N) is 3. The molecule has 0 radical (unpaired) electrons. The lowest BCUT2D eigenvalue weighted by atomic mass is 10.2. The SMILES string of the molecule is [O-]/[N+](=N\OCCl)N1CC(O)C1. The zero-order chi connectivity index (χ0) is 8.27. The fourth-order valence-corrected chi connectivity index (χ4v) is 0.739. The molecule has 1 rings (SSSR count). The van der Waals surface area contributed by atoms with Gasteiger partial charge in [-0.2, -0.15) is 0 Å². The van der Waals surface area contributed by atoms with E-state index in [-0.39, 0.29) is 11.0 Å². The lowest BCUT2D eigenvalue weighted by Crippen LogP contribution is -2.53. The van der Waals surface area contributed by atoms with Crippen LogP contribution in [-0.4, -0.2) is 40.3 Å². The molecule has 0 unspecified atom stereocenters. The van der Waals surface area contributed by atoms with Gasteiger partial charge in [0.05, 0.1) is 4.97 Å². The molecule has 1 N–H and O–H groups in total. The van der Waals surface area contributed by atoms with Crippen LogP contribution in [0.15, 0.2) is 5.28 Å². The largest absolute Gasteiger partial charge is 0.569 e. The molecule has 6 nitrogen and oxygen atoms in total. The van der Waals surface area contributed by atoms with Gasteiger partial charge in [0.25, 0.3) is 0 Å². The fourth-order valence-electron chi connectivity index (χ4n) is 0.696. The van der Waals surface area contributed by atoms with Gasteiger partial charge in [-0.15, -0.1) is 5.01 Å². The highest BCUT2D eigenvalue weighted by Crippen LogP contribution is 2.06. The Morgan fingerprint density at radius 3 is 2.91 bits per heavy atom. The average molecular weight is 182 g/mol. The van der Waals surface area contributed by atoms with Crippen LogP contribution in [0.1, 0.15) is 0 Å². The molecule has 0 spiro atoms. The molecule has 0 aromatic carbocycles. The van der Waals surface area contributed by atoms with Crippen molar-refractivity contribution < 1.29 is 14.9 Å². The number of rotatable bonds is 3. The third-order valence-corrected chi connectivity index (χ3v) is 1.36. The van der Waals surface area contributed by atoms with Crippen LogP contribution >= 0.6 is 11.6 Å². The Kier molecular flexibility index (Phi) is 2.72. The lowest BCUT2D eigenvalue weighted by Gasteiger charge is -2.30. The number of hydrazine groups is 1. The molecule has 0 aromatic heterocycles. The summed E-state index contributed by atoms with van der Waals surface area (Å²) in [7, 11) is 0. The Labute approximate surface area is 68.1 Å². The van der Waals surface area contributed by atoms with Crippen LogP contribution in [0, 0.1) is 5.21 Å². The van der Waals surface area contributed by atoms with Gasteiger partial charge in [0.2, 0.25) is 5.28 Å². The maximum atomic E-state index is 10.7. The summed E-state index contributed by atoms with van der Waals surface area (Å²) < 4.78 is 0. The van der Waals surface area contributed by atoms with Gasteiger partial charge in [0.1, 0.15) is 19.2 Å². The van der Waals surface area contributed by atoms with Crippen molar-refractivity contribution in [2.24, 2.45) is 5.28 Å². The summed E-state index contributed by atoms with van der Waals surface area (Å²) in [4.78, 5) is 4.54. The van der Waals surface area contributed by atoms with Crippen LogP contribution in [0.5, 0.6) is 0 Å². The maximum Gasteiger partial charge on any atom is 0.234 e. The Hall–Kier alpha value is -0.750. The van der Waals surface area contributed by atoms with Crippen molar-refractivity contribution in [3.8, 4) is 0 Å². The summed E-state index contributed by atoms with van der Waals surface area (Å²) in [6.07, 6.45) is -0.433. The minimum absolute atomic E-state index is 0.158. The minimum Gasteiger partial charge on any atom is -0.569 e. The predicted octanol–water partition coefficient (Wildman–Crippen LogP) is -0.332. The van der Waals surface area contributed by atoms with E-state index in [1.165, 1.54) is 5.01 Å². The molecule has 64 valence electrons. The molecule has 0 bridgehead atoms. The zero-order valence-electron chi connectivity index (χ0n) is 5.68. The van der Waals surface area contributed by atoms with Crippen molar-refractivity contribution in [2.75, 3.05) is 19.2 Å². The highest BCUT2D eigenvalue weighted by molar-refractivity contribution is 6.17. The molecule has 1 fully saturated rings. The molecule has 0 amide bonds. The van der Waals surface area contributed by atoms with Gasteiger partial charge in [0.15, 0.2) is 6.07 Å². The van der Waals surface area contributed by atoms with Crippen LogP contribution in [0.4, 0.5) is 0 Å². The maximum absolute atomic E-state index is 10.7.